The minimum absolute atomic E-state index is 0.0237. The number of ether oxygens (including phenoxy) is 2. The van der Waals surface area contributed by atoms with Crippen LogP contribution in [-0.2, 0) is 25.5 Å². The van der Waals surface area contributed by atoms with Crippen LogP contribution in [0, 0.1) is 17.0 Å². The summed E-state index contributed by atoms with van der Waals surface area (Å²) in [5.74, 6) is -2.93. The number of nitrogens with one attached hydrogen (secondary N) is 2. The first-order valence-corrected chi connectivity index (χ1v) is 12.8. The van der Waals surface area contributed by atoms with Gasteiger partial charge in [0.15, 0.2) is 5.79 Å². The van der Waals surface area contributed by atoms with E-state index in [2.05, 4.69) is 5.32 Å². The summed E-state index contributed by atoms with van der Waals surface area (Å²) in [6, 6.07) is 9.09. The highest BCUT2D eigenvalue weighted by atomic mass is 19.1. The maximum atomic E-state index is 14.2. The van der Waals surface area contributed by atoms with Gasteiger partial charge in [-0.05, 0) is 42.2 Å². The summed E-state index contributed by atoms with van der Waals surface area (Å²) in [7, 11) is 0. The number of rotatable bonds is 7. The maximum absolute atomic E-state index is 14.2. The number of carbonyl (C=O) groups is 2. The van der Waals surface area contributed by atoms with E-state index >= 15 is 0 Å². The van der Waals surface area contributed by atoms with Crippen molar-refractivity contribution in [3.63, 3.8) is 0 Å². The van der Waals surface area contributed by atoms with Gasteiger partial charge in [0.1, 0.15) is 23.5 Å². The molecule has 1 spiro atoms. The third kappa shape index (κ3) is 5.62. The highest BCUT2D eigenvalue weighted by Gasteiger charge is 2.52. The first-order valence-electron chi connectivity index (χ1n) is 12.8. The molecule has 0 saturated carbocycles. The average Bonchev–Trinajstić information content (AvgIpc) is 3.65. The molecular weight excluding hydrogens is 506 g/mol. The standard InChI is InChI=1S/C29H30F2N4O4/c1-17(20-6-7-21(13-20)27(32)33)34-28(37)25-15-29(38-10-11-39-29)16-35(25)26(36)12-18-2-4-19(5-3-18)23-9-8-22(30)14-24(23)31/h2-5,7-9,13-14,17,25H,6,10-12,15-16H2,1H3,(H3,32,33)(H,34,37)/t17-,25+/m1/s1. The van der Waals surface area contributed by atoms with Gasteiger partial charge >= 0.3 is 0 Å². The van der Waals surface area contributed by atoms with E-state index in [0.717, 1.165) is 11.6 Å². The van der Waals surface area contributed by atoms with Gasteiger partial charge in [0.2, 0.25) is 11.8 Å². The van der Waals surface area contributed by atoms with E-state index in [-0.39, 0.29) is 48.6 Å². The van der Waals surface area contributed by atoms with Crippen LogP contribution in [0.15, 0.2) is 65.8 Å². The number of likely N-dealkylation sites (tertiary alicyclic amines) is 1. The first kappa shape index (κ1) is 26.7. The summed E-state index contributed by atoms with van der Waals surface area (Å²) in [5.41, 5.74) is 8.64. The highest BCUT2D eigenvalue weighted by Crippen LogP contribution is 2.35. The molecule has 2 amide bonds. The van der Waals surface area contributed by atoms with Crippen LogP contribution in [0.2, 0.25) is 0 Å². The quantitative estimate of drug-likeness (QED) is 0.371. The van der Waals surface area contributed by atoms with Crippen LogP contribution < -0.4 is 11.1 Å². The molecule has 1 aliphatic carbocycles. The Balaban J connectivity index is 1.29. The van der Waals surface area contributed by atoms with Crippen LogP contribution >= 0.6 is 0 Å². The molecule has 0 bridgehead atoms. The molecule has 204 valence electrons. The molecule has 0 radical (unpaired) electrons. The number of hydrogen-bond donors (Lipinski definition) is 3. The van der Waals surface area contributed by atoms with Crippen molar-refractivity contribution in [2.75, 3.05) is 19.8 Å². The van der Waals surface area contributed by atoms with E-state index in [1.54, 1.807) is 30.3 Å². The lowest BCUT2D eigenvalue weighted by Crippen LogP contribution is -2.49. The van der Waals surface area contributed by atoms with Crippen molar-refractivity contribution in [3.8, 4) is 11.1 Å². The lowest BCUT2D eigenvalue weighted by atomic mass is 10.0. The summed E-state index contributed by atoms with van der Waals surface area (Å²) in [4.78, 5) is 28.4. The largest absolute Gasteiger partial charge is 0.384 e. The molecular formula is C29H30F2N4O4. The smallest absolute Gasteiger partial charge is 0.243 e. The molecule has 39 heavy (non-hydrogen) atoms. The molecule has 2 aromatic carbocycles. The summed E-state index contributed by atoms with van der Waals surface area (Å²) in [5, 5.41) is 10.6. The molecule has 2 aromatic rings. The summed E-state index contributed by atoms with van der Waals surface area (Å²) in [6.45, 7) is 2.77. The SMILES string of the molecule is C[C@@H](NC(=O)[C@@H]1CC2(CN1C(=O)Cc1ccc(-c3ccc(F)cc3F)cc1)OCCO2)C1=CC(C(=N)N)=CC1. The summed E-state index contributed by atoms with van der Waals surface area (Å²) in [6.07, 6.45) is 4.47. The normalized spacial score (nSPS) is 20.6. The van der Waals surface area contributed by atoms with E-state index in [4.69, 9.17) is 20.6 Å². The molecule has 2 atom stereocenters. The van der Waals surface area contributed by atoms with Gasteiger partial charge < -0.3 is 25.4 Å². The van der Waals surface area contributed by atoms with Crippen molar-refractivity contribution >= 4 is 17.6 Å². The van der Waals surface area contributed by atoms with Crippen molar-refractivity contribution < 1.29 is 27.8 Å². The van der Waals surface area contributed by atoms with E-state index in [1.165, 1.54) is 17.0 Å². The highest BCUT2D eigenvalue weighted by molar-refractivity contribution is 5.98. The van der Waals surface area contributed by atoms with Crippen LogP contribution in [0.1, 0.15) is 25.3 Å². The number of nitrogens with zero attached hydrogens (tertiary/aromatic N) is 1. The molecule has 2 heterocycles. The Hall–Kier alpha value is -3.89. The van der Waals surface area contributed by atoms with Gasteiger partial charge in [0, 0.05) is 29.7 Å². The van der Waals surface area contributed by atoms with Crippen molar-refractivity contribution in [1.29, 1.82) is 5.41 Å². The second-order valence-electron chi connectivity index (χ2n) is 10.1. The average molecular weight is 537 g/mol. The van der Waals surface area contributed by atoms with Gasteiger partial charge in [-0.1, -0.05) is 36.4 Å². The molecule has 2 aliphatic heterocycles. The Bertz CT molecular complexity index is 1370. The molecule has 0 unspecified atom stereocenters. The molecule has 2 saturated heterocycles. The molecule has 5 rings (SSSR count). The van der Waals surface area contributed by atoms with E-state index in [1.807, 2.05) is 13.0 Å². The number of allylic oxidation sites excluding steroid dienone is 1. The van der Waals surface area contributed by atoms with Crippen LogP contribution in [0.25, 0.3) is 11.1 Å². The fourth-order valence-corrected chi connectivity index (χ4v) is 5.28. The van der Waals surface area contributed by atoms with Gasteiger partial charge in [-0.25, -0.2) is 8.78 Å². The van der Waals surface area contributed by atoms with Gasteiger partial charge in [0.25, 0.3) is 0 Å². The molecule has 2 fully saturated rings. The molecule has 0 aromatic heterocycles. The lowest BCUT2D eigenvalue weighted by Gasteiger charge is -2.26. The molecule has 4 N–H and O–H groups in total. The number of benzene rings is 2. The minimum Gasteiger partial charge on any atom is -0.384 e. The Morgan fingerprint density at radius 2 is 1.90 bits per heavy atom. The summed E-state index contributed by atoms with van der Waals surface area (Å²) >= 11 is 0. The van der Waals surface area contributed by atoms with Crippen molar-refractivity contribution in [2.24, 2.45) is 5.73 Å². The number of amides is 2. The van der Waals surface area contributed by atoms with Crippen molar-refractivity contribution in [3.05, 3.63) is 83.0 Å². The maximum Gasteiger partial charge on any atom is 0.243 e. The lowest BCUT2D eigenvalue weighted by molar-refractivity contribution is -0.152. The van der Waals surface area contributed by atoms with Crippen LogP contribution in [-0.4, -0.2) is 60.2 Å². The zero-order chi connectivity index (χ0) is 27.7. The van der Waals surface area contributed by atoms with Gasteiger partial charge in [-0.2, -0.15) is 0 Å². The minimum atomic E-state index is -1.01. The van der Waals surface area contributed by atoms with Gasteiger partial charge in [0.05, 0.1) is 26.2 Å². The van der Waals surface area contributed by atoms with Crippen molar-refractivity contribution in [1.82, 2.24) is 10.2 Å². The number of halogens is 2. The first-order chi connectivity index (χ1) is 18.6. The van der Waals surface area contributed by atoms with Crippen molar-refractivity contribution in [2.45, 2.75) is 44.1 Å². The topological polar surface area (TPSA) is 118 Å². The third-order valence-electron chi connectivity index (χ3n) is 7.40. The predicted molar refractivity (Wildman–Crippen MR) is 141 cm³/mol. The second-order valence-corrected chi connectivity index (χ2v) is 10.1. The van der Waals surface area contributed by atoms with E-state index in [0.29, 0.717) is 36.3 Å². The predicted octanol–water partition coefficient (Wildman–Crippen LogP) is 3.22. The Morgan fingerprint density at radius 3 is 2.54 bits per heavy atom. The fourth-order valence-electron chi connectivity index (χ4n) is 5.28. The van der Waals surface area contributed by atoms with E-state index in [9.17, 15) is 18.4 Å². The fraction of sp³-hybridized carbons (Fsp3) is 0.345. The number of amidine groups is 1. The van der Waals surface area contributed by atoms with Crippen LogP contribution in [0.3, 0.4) is 0 Å². The van der Waals surface area contributed by atoms with Crippen LogP contribution in [0.4, 0.5) is 8.78 Å². The Kier molecular flexibility index (Phi) is 7.33. The zero-order valence-corrected chi connectivity index (χ0v) is 21.5. The Labute approximate surface area is 225 Å². The van der Waals surface area contributed by atoms with Gasteiger partial charge in [-0.3, -0.25) is 15.0 Å². The second kappa shape index (κ2) is 10.7. The molecule has 3 aliphatic rings. The third-order valence-corrected chi connectivity index (χ3v) is 7.40. The monoisotopic (exact) mass is 536 g/mol. The van der Waals surface area contributed by atoms with Crippen LogP contribution in [0.5, 0.6) is 0 Å². The zero-order valence-electron chi connectivity index (χ0n) is 21.5. The number of nitrogens with two attached hydrogens (primary N) is 1. The Morgan fingerprint density at radius 1 is 1.18 bits per heavy atom. The molecule has 10 heteroatoms. The number of carbonyl (C=O) groups excluding carboxylic acids is 2. The van der Waals surface area contributed by atoms with Gasteiger partial charge in [-0.15, -0.1) is 0 Å². The molecule has 8 nitrogen and oxygen atoms in total. The summed E-state index contributed by atoms with van der Waals surface area (Å²) < 4.78 is 39.1. The van der Waals surface area contributed by atoms with E-state index < -0.39 is 23.5 Å². The number of hydrogen-bond acceptors (Lipinski definition) is 5.